The standard InChI is InChI=1S/C26H27F3N8O2/c1-2-17-13-18(3-4-19(17)26(39)35-11-9-34(16-38)10-12-35)32-24-25-31-14-21(37(25)8-6-30-24)20-15-36(7-5-27)33-22(20)23(28)29/h3-4,6,8,13-16,23H,2,5,7,9-12H2,1H3,(H,30,32). The Hall–Kier alpha value is -4.42. The molecule has 0 unspecified atom stereocenters. The van der Waals surface area contributed by atoms with Crippen LogP contribution in [0.3, 0.4) is 0 Å². The molecule has 1 saturated heterocycles. The number of benzene rings is 1. The van der Waals surface area contributed by atoms with E-state index in [4.69, 9.17) is 0 Å². The number of rotatable bonds is 9. The number of hydrogen-bond acceptors (Lipinski definition) is 6. The minimum atomic E-state index is -2.84. The summed E-state index contributed by atoms with van der Waals surface area (Å²) in [6.07, 6.45) is 4.55. The first-order valence-electron chi connectivity index (χ1n) is 12.6. The lowest BCUT2D eigenvalue weighted by molar-refractivity contribution is -0.119. The summed E-state index contributed by atoms with van der Waals surface area (Å²) in [5, 5.41) is 7.07. The van der Waals surface area contributed by atoms with E-state index in [9.17, 15) is 22.8 Å². The van der Waals surface area contributed by atoms with Gasteiger partial charge in [-0.25, -0.2) is 23.1 Å². The van der Waals surface area contributed by atoms with Gasteiger partial charge in [0.1, 0.15) is 12.4 Å². The van der Waals surface area contributed by atoms with E-state index in [1.807, 2.05) is 13.0 Å². The molecule has 0 radical (unpaired) electrons. The molecular weight excluding hydrogens is 513 g/mol. The number of aromatic nitrogens is 5. The summed E-state index contributed by atoms with van der Waals surface area (Å²) < 4.78 is 43.0. The second kappa shape index (κ2) is 11.1. The molecule has 204 valence electrons. The molecule has 4 heterocycles. The van der Waals surface area contributed by atoms with E-state index in [0.29, 0.717) is 61.0 Å². The molecule has 1 aliphatic heterocycles. The van der Waals surface area contributed by atoms with Crippen molar-refractivity contribution in [1.29, 1.82) is 0 Å². The van der Waals surface area contributed by atoms with Crippen LogP contribution in [0.5, 0.6) is 0 Å². The molecule has 3 aromatic heterocycles. The average molecular weight is 541 g/mol. The third-order valence-electron chi connectivity index (χ3n) is 6.74. The number of hydrogen-bond donors (Lipinski definition) is 1. The number of anilines is 2. The van der Waals surface area contributed by atoms with Crippen LogP contribution >= 0.6 is 0 Å². The third-order valence-corrected chi connectivity index (χ3v) is 6.74. The van der Waals surface area contributed by atoms with Gasteiger partial charge in [0.05, 0.1) is 18.4 Å². The maximum absolute atomic E-state index is 13.7. The summed E-state index contributed by atoms with van der Waals surface area (Å²) in [5.41, 5.74) is 2.62. The molecule has 5 rings (SSSR count). The smallest absolute Gasteiger partial charge is 0.282 e. The van der Waals surface area contributed by atoms with Crippen molar-refractivity contribution in [3.05, 3.63) is 59.8 Å². The third kappa shape index (κ3) is 5.16. The van der Waals surface area contributed by atoms with Crippen molar-refractivity contribution in [3.63, 3.8) is 0 Å². The Morgan fingerprint density at radius 1 is 1.18 bits per heavy atom. The number of halogens is 3. The Morgan fingerprint density at radius 3 is 2.67 bits per heavy atom. The summed E-state index contributed by atoms with van der Waals surface area (Å²) >= 11 is 0. The number of nitrogens with zero attached hydrogens (tertiary/aromatic N) is 7. The Balaban J connectivity index is 1.42. The predicted molar refractivity (Wildman–Crippen MR) is 138 cm³/mol. The Bertz CT molecular complexity index is 1490. The Morgan fingerprint density at radius 2 is 1.97 bits per heavy atom. The summed E-state index contributed by atoms with van der Waals surface area (Å²) in [5.74, 6) is 0.315. The first-order chi connectivity index (χ1) is 18.9. The van der Waals surface area contributed by atoms with E-state index < -0.39 is 18.8 Å². The quantitative estimate of drug-likeness (QED) is 0.325. The minimum absolute atomic E-state index is 0.0785. The van der Waals surface area contributed by atoms with E-state index in [2.05, 4.69) is 20.4 Å². The lowest BCUT2D eigenvalue weighted by Gasteiger charge is -2.33. The predicted octanol–water partition coefficient (Wildman–Crippen LogP) is 3.72. The van der Waals surface area contributed by atoms with Gasteiger partial charge in [-0.15, -0.1) is 0 Å². The lowest BCUT2D eigenvalue weighted by Crippen LogP contribution is -2.48. The van der Waals surface area contributed by atoms with Crippen LogP contribution in [0.15, 0.2) is 43.0 Å². The van der Waals surface area contributed by atoms with Crippen molar-refractivity contribution in [2.45, 2.75) is 26.3 Å². The van der Waals surface area contributed by atoms with Gasteiger partial charge in [-0.1, -0.05) is 6.92 Å². The molecule has 0 saturated carbocycles. The molecule has 39 heavy (non-hydrogen) atoms. The van der Waals surface area contributed by atoms with Gasteiger partial charge in [0.25, 0.3) is 12.3 Å². The van der Waals surface area contributed by atoms with Crippen LogP contribution in [0.25, 0.3) is 16.9 Å². The maximum atomic E-state index is 13.7. The van der Waals surface area contributed by atoms with Crippen LogP contribution in [0.1, 0.15) is 35.0 Å². The highest BCUT2D eigenvalue weighted by molar-refractivity contribution is 5.96. The highest BCUT2D eigenvalue weighted by Crippen LogP contribution is 2.32. The molecule has 0 spiro atoms. The average Bonchev–Trinajstić information content (AvgIpc) is 3.58. The van der Waals surface area contributed by atoms with E-state index in [-0.39, 0.29) is 18.0 Å². The first-order valence-corrected chi connectivity index (χ1v) is 12.6. The fourth-order valence-electron chi connectivity index (χ4n) is 4.71. The normalized spacial score (nSPS) is 13.9. The SMILES string of the molecule is CCc1cc(Nc2nccn3c(-c4cn(CCF)nc4C(F)F)cnc23)ccc1C(=O)N1CCN(C=O)CC1. The molecule has 1 fully saturated rings. The maximum Gasteiger partial charge on any atom is 0.282 e. The fraction of sp³-hybridized carbons (Fsp3) is 0.346. The van der Waals surface area contributed by atoms with Crippen LogP contribution in [-0.2, 0) is 17.8 Å². The van der Waals surface area contributed by atoms with Gasteiger partial charge in [0.2, 0.25) is 6.41 Å². The second-order valence-electron chi connectivity index (χ2n) is 9.08. The number of alkyl halides is 3. The van der Waals surface area contributed by atoms with Gasteiger partial charge >= 0.3 is 0 Å². The van der Waals surface area contributed by atoms with Gasteiger partial charge in [-0.3, -0.25) is 18.7 Å². The van der Waals surface area contributed by atoms with Crippen molar-refractivity contribution in [1.82, 2.24) is 33.9 Å². The van der Waals surface area contributed by atoms with Gasteiger partial charge in [-0.05, 0) is 30.2 Å². The molecule has 0 aliphatic carbocycles. The summed E-state index contributed by atoms with van der Waals surface area (Å²) in [6.45, 7) is 3.09. The number of imidazole rings is 1. The van der Waals surface area contributed by atoms with Crippen molar-refractivity contribution in [3.8, 4) is 11.3 Å². The summed E-state index contributed by atoms with van der Waals surface area (Å²) in [6, 6.07) is 5.42. The minimum Gasteiger partial charge on any atom is -0.342 e. The summed E-state index contributed by atoms with van der Waals surface area (Å²) in [4.78, 5) is 36.3. The molecule has 10 nitrogen and oxygen atoms in total. The fourth-order valence-corrected chi connectivity index (χ4v) is 4.71. The second-order valence-corrected chi connectivity index (χ2v) is 9.08. The van der Waals surface area contributed by atoms with Crippen molar-refractivity contribution in [2.75, 3.05) is 38.2 Å². The van der Waals surface area contributed by atoms with Crippen LogP contribution in [-0.4, -0.2) is 79.1 Å². The first kappa shape index (κ1) is 26.2. The van der Waals surface area contributed by atoms with Crippen molar-refractivity contribution >= 4 is 29.5 Å². The van der Waals surface area contributed by atoms with E-state index in [0.717, 1.165) is 16.7 Å². The van der Waals surface area contributed by atoms with Gasteiger partial charge < -0.3 is 15.1 Å². The number of amides is 2. The van der Waals surface area contributed by atoms with Crippen LogP contribution in [0.2, 0.25) is 0 Å². The highest BCUT2D eigenvalue weighted by atomic mass is 19.3. The van der Waals surface area contributed by atoms with Gasteiger partial charge in [0, 0.05) is 61.6 Å². The van der Waals surface area contributed by atoms with Crippen LogP contribution in [0.4, 0.5) is 24.7 Å². The largest absolute Gasteiger partial charge is 0.342 e. The topological polar surface area (TPSA) is 101 Å². The number of piperazine rings is 1. The van der Waals surface area contributed by atoms with Crippen LogP contribution < -0.4 is 5.32 Å². The molecule has 2 amide bonds. The Kier molecular flexibility index (Phi) is 7.48. The molecule has 0 bridgehead atoms. The zero-order valence-corrected chi connectivity index (χ0v) is 21.2. The Labute approximate surface area is 222 Å². The lowest BCUT2D eigenvalue weighted by atomic mass is 10.0. The molecule has 4 aromatic rings. The van der Waals surface area contributed by atoms with E-state index in [1.54, 1.807) is 32.5 Å². The summed E-state index contributed by atoms with van der Waals surface area (Å²) in [7, 11) is 0. The van der Waals surface area contributed by atoms with Crippen molar-refractivity contribution < 1.29 is 22.8 Å². The zero-order valence-electron chi connectivity index (χ0n) is 21.2. The molecule has 1 aromatic carbocycles. The van der Waals surface area contributed by atoms with E-state index >= 15 is 0 Å². The highest BCUT2D eigenvalue weighted by Gasteiger charge is 2.24. The molecule has 1 N–H and O–H groups in total. The number of carbonyl (C=O) groups excluding carboxylic acids is 2. The number of nitrogens with one attached hydrogen (secondary N) is 1. The molecule has 13 heteroatoms. The van der Waals surface area contributed by atoms with Crippen LogP contribution in [0, 0.1) is 0 Å². The molecular formula is C26H27F3N8O2. The zero-order chi connectivity index (χ0) is 27.5. The van der Waals surface area contributed by atoms with Gasteiger partial charge in [-0.2, -0.15) is 5.10 Å². The molecule has 0 atom stereocenters. The monoisotopic (exact) mass is 540 g/mol. The van der Waals surface area contributed by atoms with Gasteiger partial charge in [0.15, 0.2) is 11.5 Å². The van der Waals surface area contributed by atoms with Crippen molar-refractivity contribution in [2.24, 2.45) is 0 Å². The number of aryl methyl sites for hydroxylation is 2. The van der Waals surface area contributed by atoms with E-state index in [1.165, 1.54) is 18.6 Å². The number of carbonyl (C=O) groups is 2. The number of fused-ring (bicyclic) bond motifs is 1. The molecule has 1 aliphatic rings.